The Morgan fingerprint density at radius 2 is 1.88 bits per heavy atom. The molecule has 0 bridgehead atoms. The molecule has 3 rings (SSSR count). The number of carbonyl (C=O) groups excluding carboxylic acids is 1. The minimum Gasteiger partial charge on any atom is -0.486 e. The van der Waals surface area contributed by atoms with Crippen LogP contribution in [0.25, 0.3) is 6.08 Å². The number of carbonyl (C=O) groups is 1. The molecule has 0 radical (unpaired) electrons. The molecule has 0 spiro atoms. The van der Waals surface area contributed by atoms with E-state index in [1.807, 2.05) is 61.5 Å². The minimum absolute atomic E-state index is 0.0613. The molecule has 0 saturated carbocycles. The molecule has 0 aromatic heterocycles. The van der Waals surface area contributed by atoms with Gasteiger partial charge in [0.1, 0.15) is 13.2 Å². The van der Waals surface area contributed by atoms with E-state index in [4.69, 9.17) is 9.47 Å². The highest BCUT2D eigenvalue weighted by Gasteiger charge is 2.16. The second-order valence-electron chi connectivity index (χ2n) is 5.62. The lowest BCUT2D eigenvalue weighted by Gasteiger charge is -2.22. The Kier molecular flexibility index (Phi) is 5.16. The van der Waals surface area contributed by atoms with Crippen molar-refractivity contribution in [3.8, 4) is 11.5 Å². The van der Waals surface area contributed by atoms with Crippen LogP contribution in [-0.2, 0) is 4.79 Å². The summed E-state index contributed by atoms with van der Waals surface area (Å²) in [6, 6.07) is 15.5. The molecule has 1 aliphatic heterocycles. The van der Waals surface area contributed by atoms with E-state index < -0.39 is 0 Å². The molecule has 24 heavy (non-hydrogen) atoms. The first kappa shape index (κ1) is 16.1. The summed E-state index contributed by atoms with van der Waals surface area (Å²) >= 11 is 0. The first-order valence-electron chi connectivity index (χ1n) is 8.19. The molecule has 1 N–H and O–H groups in total. The monoisotopic (exact) mass is 323 g/mol. The van der Waals surface area contributed by atoms with Gasteiger partial charge in [-0.3, -0.25) is 4.79 Å². The Morgan fingerprint density at radius 3 is 2.62 bits per heavy atom. The molecule has 0 saturated heterocycles. The van der Waals surface area contributed by atoms with E-state index in [-0.39, 0.29) is 11.9 Å². The fourth-order valence-electron chi connectivity index (χ4n) is 2.65. The van der Waals surface area contributed by atoms with Crippen molar-refractivity contribution in [3.63, 3.8) is 0 Å². The van der Waals surface area contributed by atoms with Crippen LogP contribution in [0.15, 0.2) is 54.6 Å². The Bertz CT molecular complexity index is 725. The van der Waals surface area contributed by atoms with Crippen LogP contribution in [0.1, 0.15) is 30.5 Å². The van der Waals surface area contributed by atoms with E-state index in [9.17, 15) is 4.79 Å². The fourth-order valence-corrected chi connectivity index (χ4v) is 2.65. The molecule has 1 unspecified atom stereocenters. The number of amides is 1. The van der Waals surface area contributed by atoms with Crippen LogP contribution in [-0.4, -0.2) is 19.1 Å². The van der Waals surface area contributed by atoms with E-state index in [1.165, 1.54) is 0 Å². The smallest absolute Gasteiger partial charge is 0.244 e. The summed E-state index contributed by atoms with van der Waals surface area (Å²) in [7, 11) is 0. The maximum absolute atomic E-state index is 12.2. The molecular formula is C20H21NO3. The van der Waals surface area contributed by atoms with Gasteiger partial charge >= 0.3 is 0 Å². The Hall–Kier alpha value is -2.75. The summed E-state index contributed by atoms with van der Waals surface area (Å²) in [5, 5.41) is 3.04. The van der Waals surface area contributed by atoms with Crippen molar-refractivity contribution in [2.75, 3.05) is 13.2 Å². The Balaban J connectivity index is 1.68. The number of benzene rings is 2. The summed E-state index contributed by atoms with van der Waals surface area (Å²) in [6.45, 7) is 3.17. The fraction of sp³-hybridized carbons (Fsp3) is 0.250. The van der Waals surface area contributed by atoms with E-state index in [1.54, 1.807) is 6.08 Å². The maximum Gasteiger partial charge on any atom is 0.244 e. The van der Waals surface area contributed by atoms with Gasteiger partial charge in [0.25, 0.3) is 0 Å². The molecule has 1 amide bonds. The lowest BCUT2D eigenvalue weighted by Crippen LogP contribution is -2.26. The Morgan fingerprint density at radius 1 is 1.12 bits per heavy atom. The second kappa shape index (κ2) is 7.68. The molecule has 4 nitrogen and oxygen atoms in total. The van der Waals surface area contributed by atoms with E-state index in [2.05, 4.69) is 5.32 Å². The van der Waals surface area contributed by atoms with Crippen molar-refractivity contribution in [1.29, 1.82) is 0 Å². The molecule has 0 fully saturated rings. The lowest BCUT2D eigenvalue weighted by atomic mass is 10.0. The van der Waals surface area contributed by atoms with Gasteiger partial charge in [0.2, 0.25) is 5.91 Å². The third-order valence-corrected chi connectivity index (χ3v) is 3.92. The van der Waals surface area contributed by atoms with Crippen LogP contribution in [0, 0.1) is 0 Å². The van der Waals surface area contributed by atoms with Gasteiger partial charge in [0.15, 0.2) is 11.5 Å². The zero-order valence-electron chi connectivity index (χ0n) is 13.7. The molecule has 2 aromatic rings. The van der Waals surface area contributed by atoms with Crippen LogP contribution in [0.2, 0.25) is 0 Å². The van der Waals surface area contributed by atoms with Crippen LogP contribution in [0.4, 0.5) is 0 Å². The minimum atomic E-state index is -0.111. The Labute approximate surface area is 142 Å². The first-order chi connectivity index (χ1) is 11.8. The maximum atomic E-state index is 12.2. The highest BCUT2D eigenvalue weighted by atomic mass is 16.6. The van der Waals surface area contributed by atoms with Crippen molar-refractivity contribution < 1.29 is 14.3 Å². The second-order valence-corrected chi connectivity index (χ2v) is 5.62. The van der Waals surface area contributed by atoms with Crippen molar-refractivity contribution in [2.24, 2.45) is 0 Å². The molecule has 1 aliphatic rings. The predicted molar refractivity (Wildman–Crippen MR) is 94.1 cm³/mol. The van der Waals surface area contributed by atoms with E-state index in [0.717, 1.165) is 29.0 Å². The average Bonchev–Trinajstić information content (AvgIpc) is 2.65. The molecule has 2 aromatic carbocycles. The molecule has 1 atom stereocenters. The third kappa shape index (κ3) is 3.96. The van der Waals surface area contributed by atoms with Crippen LogP contribution in [0.3, 0.4) is 0 Å². The van der Waals surface area contributed by atoms with Gasteiger partial charge < -0.3 is 14.8 Å². The van der Waals surface area contributed by atoms with Crippen molar-refractivity contribution in [3.05, 3.63) is 65.7 Å². The van der Waals surface area contributed by atoms with Gasteiger partial charge in [-0.1, -0.05) is 43.3 Å². The quantitative estimate of drug-likeness (QED) is 0.853. The zero-order valence-corrected chi connectivity index (χ0v) is 13.7. The van der Waals surface area contributed by atoms with Gasteiger partial charge in [-0.15, -0.1) is 0 Å². The SMILES string of the molecule is CCC(NC(=O)/C=C/c1ccccc1)c1ccc2c(c1)OCCO2. The van der Waals surface area contributed by atoms with Crippen molar-refractivity contribution >= 4 is 12.0 Å². The van der Waals surface area contributed by atoms with Gasteiger partial charge in [-0.25, -0.2) is 0 Å². The highest BCUT2D eigenvalue weighted by Crippen LogP contribution is 2.33. The number of ether oxygens (including phenoxy) is 2. The molecule has 1 heterocycles. The summed E-state index contributed by atoms with van der Waals surface area (Å²) in [4.78, 5) is 12.2. The number of fused-ring (bicyclic) bond motifs is 1. The van der Waals surface area contributed by atoms with Crippen molar-refractivity contribution in [2.45, 2.75) is 19.4 Å². The summed E-state index contributed by atoms with van der Waals surface area (Å²) in [6.07, 6.45) is 4.17. The third-order valence-electron chi connectivity index (χ3n) is 3.92. The van der Waals surface area contributed by atoms with Crippen LogP contribution < -0.4 is 14.8 Å². The largest absolute Gasteiger partial charge is 0.486 e. The average molecular weight is 323 g/mol. The van der Waals surface area contributed by atoms with E-state index in [0.29, 0.717) is 13.2 Å². The van der Waals surface area contributed by atoms with Crippen LogP contribution in [0.5, 0.6) is 11.5 Å². The standard InChI is InChI=1S/C20H21NO3/c1-2-17(16-9-10-18-19(14-16)24-13-12-23-18)21-20(22)11-8-15-6-4-3-5-7-15/h3-11,14,17H,2,12-13H2,1H3,(H,21,22)/b11-8+. The predicted octanol–water partition coefficient (Wildman–Crippen LogP) is 3.74. The van der Waals surface area contributed by atoms with Crippen LogP contribution >= 0.6 is 0 Å². The number of hydrogen-bond donors (Lipinski definition) is 1. The topological polar surface area (TPSA) is 47.6 Å². The van der Waals surface area contributed by atoms with Gasteiger partial charge in [-0.2, -0.15) is 0 Å². The normalized spacial score (nSPS) is 14.4. The summed E-state index contributed by atoms with van der Waals surface area (Å²) < 4.78 is 11.2. The van der Waals surface area contributed by atoms with Gasteiger partial charge in [0.05, 0.1) is 6.04 Å². The molecule has 124 valence electrons. The number of rotatable bonds is 5. The molecule has 0 aliphatic carbocycles. The number of hydrogen-bond acceptors (Lipinski definition) is 3. The molecular weight excluding hydrogens is 302 g/mol. The first-order valence-corrected chi connectivity index (χ1v) is 8.19. The number of nitrogens with one attached hydrogen (secondary N) is 1. The zero-order chi connectivity index (χ0) is 16.8. The summed E-state index contributed by atoms with van der Waals surface area (Å²) in [5.41, 5.74) is 2.02. The van der Waals surface area contributed by atoms with Gasteiger partial charge in [0, 0.05) is 6.08 Å². The van der Waals surface area contributed by atoms with E-state index >= 15 is 0 Å². The molecule has 4 heteroatoms. The van der Waals surface area contributed by atoms with Crippen molar-refractivity contribution in [1.82, 2.24) is 5.32 Å². The lowest BCUT2D eigenvalue weighted by molar-refractivity contribution is -0.117. The highest BCUT2D eigenvalue weighted by molar-refractivity contribution is 5.92. The van der Waals surface area contributed by atoms with Gasteiger partial charge in [-0.05, 0) is 35.8 Å². The summed E-state index contributed by atoms with van der Waals surface area (Å²) in [5.74, 6) is 1.39.